The predicted octanol–water partition coefficient (Wildman–Crippen LogP) is 3.39. The molecule has 0 radical (unpaired) electrons. The summed E-state index contributed by atoms with van der Waals surface area (Å²) in [5.41, 5.74) is 1.74. The van der Waals surface area contributed by atoms with E-state index in [4.69, 9.17) is 4.74 Å². The van der Waals surface area contributed by atoms with Gasteiger partial charge in [0.25, 0.3) is 0 Å². The highest BCUT2D eigenvalue weighted by molar-refractivity contribution is 5.88. The van der Waals surface area contributed by atoms with Crippen LogP contribution in [0.2, 0.25) is 0 Å². The zero-order valence-electron chi connectivity index (χ0n) is 11.0. The number of nitrogens with zero attached hydrogens (tertiary/aromatic N) is 1. The summed E-state index contributed by atoms with van der Waals surface area (Å²) in [4.78, 5) is 15.3. The number of aromatic nitrogens is 1. The molecule has 0 saturated carbocycles. The van der Waals surface area contributed by atoms with Crippen LogP contribution in [0.5, 0.6) is 11.5 Å². The maximum atomic E-state index is 11.0. The highest BCUT2D eigenvalue weighted by atomic mass is 16.5. The van der Waals surface area contributed by atoms with Gasteiger partial charge in [-0.15, -0.1) is 0 Å². The lowest BCUT2D eigenvalue weighted by Crippen LogP contribution is -2.05. The van der Waals surface area contributed by atoms with Gasteiger partial charge in [-0.3, -0.25) is 9.78 Å². The van der Waals surface area contributed by atoms with Crippen LogP contribution in [0.3, 0.4) is 0 Å². The van der Waals surface area contributed by atoms with E-state index in [9.17, 15) is 4.79 Å². The summed E-state index contributed by atoms with van der Waals surface area (Å²) >= 11 is 0. The molecule has 1 aromatic heterocycles. The zero-order valence-corrected chi connectivity index (χ0v) is 11.0. The van der Waals surface area contributed by atoms with E-state index in [-0.39, 0.29) is 5.91 Å². The number of carbonyl (C=O) groups excluding carboxylic acids is 1. The standard InChI is InChI=1S/C15H16N2O2/c1-3-12-7-8-15(10-16-12)19-14-6-4-5-13(9-14)17-11(2)18/h4-10H,3H2,1-2H3,(H,17,18). The smallest absolute Gasteiger partial charge is 0.221 e. The zero-order chi connectivity index (χ0) is 13.7. The average molecular weight is 256 g/mol. The van der Waals surface area contributed by atoms with E-state index >= 15 is 0 Å². The molecular weight excluding hydrogens is 240 g/mol. The highest BCUT2D eigenvalue weighted by Crippen LogP contribution is 2.23. The van der Waals surface area contributed by atoms with Crippen molar-refractivity contribution < 1.29 is 9.53 Å². The Balaban J connectivity index is 2.11. The number of benzene rings is 1. The number of nitrogens with one attached hydrogen (secondary N) is 1. The van der Waals surface area contributed by atoms with Crippen molar-refractivity contribution in [1.82, 2.24) is 4.98 Å². The number of amides is 1. The van der Waals surface area contributed by atoms with E-state index in [1.807, 2.05) is 30.3 Å². The summed E-state index contributed by atoms with van der Waals surface area (Å²) in [6, 6.07) is 11.1. The number of hydrogen-bond acceptors (Lipinski definition) is 3. The molecule has 0 fully saturated rings. The third kappa shape index (κ3) is 3.81. The Kier molecular flexibility index (Phi) is 4.13. The summed E-state index contributed by atoms with van der Waals surface area (Å²) in [6.45, 7) is 3.53. The maximum absolute atomic E-state index is 11.0. The molecule has 0 aliphatic heterocycles. The SMILES string of the molecule is CCc1ccc(Oc2cccc(NC(C)=O)c2)cn1. The van der Waals surface area contributed by atoms with Gasteiger partial charge in [0.2, 0.25) is 5.91 Å². The first-order chi connectivity index (χ1) is 9.17. The van der Waals surface area contributed by atoms with E-state index in [0.717, 1.165) is 12.1 Å². The van der Waals surface area contributed by atoms with Crippen LogP contribution in [0.1, 0.15) is 19.5 Å². The van der Waals surface area contributed by atoms with Crippen LogP contribution in [0, 0.1) is 0 Å². The van der Waals surface area contributed by atoms with E-state index < -0.39 is 0 Å². The minimum atomic E-state index is -0.105. The van der Waals surface area contributed by atoms with Crippen LogP contribution in [-0.4, -0.2) is 10.9 Å². The number of pyridine rings is 1. The van der Waals surface area contributed by atoms with Crippen LogP contribution in [0.4, 0.5) is 5.69 Å². The summed E-state index contributed by atoms with van der Waals surface area (Å²) in [5, 5.41) is 2.71. The molecule has 1 N–H and O–H groups in total. The van der Waals surface area contributed by atoms with Gasteiger partial charge < -0.3 is 10.1 Å². The van der Waals surface area contributed by atoms with Gasteiger partial charge in [-0.1, -0.05) is 13.0 Å². The van der Waals surface area contributed by atoms with Crippen LogP contribution in [0.15, 0.2) is 42.6 Å². The fourth-order valence-corrected chi connectivity index (χ4v) is 1.66. The molecule has 0 bridgehead atoms. The fourth-order valence-electron chi connectivity index (χ4n) is 1.66. The van der Waals surface area contributed by atoms with Crippen molar-refractivity contribution in [2.75, 3.05) is 5.32 Å². The van der Waals surface area contributed by atoms with Crippen LogP contribution < -0.4 is 10.1 Å². The molecule has 2 aromatic rings. The minimum absolute atomic E-state index is 0.105. The summed E-state index contributed by atoms with van der Waals surface area (Å²) in [6.07, 6.45) is 2.60. The Morgan fingerprint density at radius 2 is 2.11 bits per heavy atom. The molecule has 0 aliphatic rings. The number of ether oxygens (including phenoxy) is 1. The average Bonchev–Trinajstić information content (AvgIpc) is 2.39. The van der Waals surface area contributed by atoms with Crippen LogP contribution in [-0.2, 0) is 11.2 Å². The van der Waals surface area contributed by atoms with Crippen molar-refractivity contribution >= 4 is 11.6 Å². The van der Waals surface area contributed by atoms with Gasteiger partial charge >= 0.3 is 0 Å². The molecule has 1 amide bonds. The molecule has 19 heavy (non-hydrogen) atoms. The number of rotatable bonds is 4. The third-order valence-electron chi connectivity index (χ3n) is 2.55. The van der Waals surface area contributed by atoms with Crippen molar-refractivity contribution in [2.24, 2.45) is 0 Å². The van der Waals surface area contributed by atoms with E-state index in [0.29, 0.717) is 17.2 Å². The second kappa shape index (κ2) is 6.00. The van der Waals surface area contributed by atoms with Crippen LogP contribution >= 0.6 is 0 Å². The molecular formula is C15H16N2O2. The first-order valence-corrected chi connectivity index (χ1v) is 6.18. The minimum Gasteiger partial charge on any atom is -0.456 e. The van der Waals surface area contributed by atoms with Gasteiger partial charge in [-0.25, -0.2) is 0 Å². The van der Waals surface area contributed by atoms with E-state index in [1.165, 1.54) is 6.92 Å². The molecule has 0 unspecified atom stereocenters. The van der Waals surface area contributed by atoms with E-state index in [1.54, 1.807) is 12.3 Å². The molecule has 0 atom stereocenters. The monoisotopic (exact) mass is 256 g/mol. The largest absolute Gasteiger partial charge is 0.456 e. The predicted molar refractivity (Wildman–Crippen MR) is 74.4 cm³/mol. The second-order valence-electron chi connectivity index (χ2n) is 4.15. The van der Waals surface area contributed by atoms with Gasteiger partial charge in [-0.2, -0.15) is 0 Å². The first-order valence-electron chi connectivity index (χ1n) is 6.18. The normalized spacial score (nSPS) is 10.0. The first kappa shape index (κ1) is 13.1. The molecule has 0 aliphatic carbocycles. The summed E-state index contributed by atoms with van der Waals surface area (Å²) in [5.74, 6) is 1.24. The van der Waals surface area contributed by atoms with Crippen molar-refractivity contribution in [3.63, 3.8) is 0 Å². The van der Waals surface area contributed by atoms with Gasteiger partial charge in [0.15, 0.2) is 0 Å². The third-order valence-corrected chi connectivity index (χ3v) is 2.55. The Labute approximate surface area is 112 Å². The number of hydrogen-bond donors (Lipinski definition) is 1. The van der Waals surface area contributed by atoms with Gasteiger partial charge in [0.05, 0.1) is 6.20 Å². The fraction of sp³-hybridized carbons (Fsp3) is 0.200. The lowest BCUT2D eigenvalue weighted by Gasteiger charge is -2.08. The number of anilines is 1. The second-order valence-corrected chi connectivity index (χ2v) is 4.15. The van der Waals surface area contributed by atoms with Gasteiger partial charge in [-0.05, 0) is 30.7 Å². The van der Waals surface area contributed by atoms with E-state index in [2.05, 4.69) is 17.2 Å². The molecule has 98 valence electrons. The molecule has 2 rings (SSSR count). The molecule has 0 spiro atoms. The topological polar surface area (TPSA) is 51.2 Å². The lowest BCUT2D eigenvalue weighted by molar-refractivity contribution is -0.114. The molecule has 1 aromatic carbocycles. The van der Waals surface area contributed by atoms with Crippen molar-refractivity contribution in [1.29, 1.82) is 0 Å². The molecule has 4 heteroatoms. The Hall–Kier alpha value is -2.36. The molecule has 1 heterocycles. The van der Waals surface area contributed by atoms with Crippen LogP contribution in [0.25, 0.3) is 0 Å². The Bertz CT molecular complexity index is 565. The van der Waals surface area contributed by atoms with Crippen molar-refractivity contribution in [3.8, 4) is 11.5 Å². The summed E-state index contributed by atoms with van der Waals surface area (Å²) < 4.78 is 5.69. The lowest BCUT2D eigenvalue weighted by atomic mass is 10.3. The molecule has 4 nitrogen and oxygen atoms in total. The number of aryl methyl sites for hydroxylation is 1. The highest BCUT2D eigenvalue weighted by Gasteiger charge is 2.01. The summed E-state index contributed by atoms with van der Waals surface area (Å²) in [7, 11) is 0. The quantitative estimate of drug-likeness (QED) is 0.912. The van der Waals surface area contributed by atoms with Gasteiger partial charge in [0, 0.05) is 24.4 Å². The van der Waals surface area contributed by atoms with Gasteiger partial charge in [0.1, 0.15) is 11.5 Å². The van der Waals surface area contributed by atoms with Crippen molar-refractivity contribution in [3.05, 3.63) is 48.3 Å². The number of carbonyl (C=O) groups is 1. The molecule has 0 saturated heterocycles. The maximum Gasteiger partial charge on any atom is 0.221 e. The Morgan fingerprint density at radius 3 is 2.74 bits per heavy atom. The van der Waals surface area contributed by atoms with Crippen molar-refractivity contribution in [2.45, 2.75) is 20.3 Å². The Morgan fingerprint density at radius 1 is 1.26 bits per heavy atom.